The Morgan fingerprint density at radius 3 is 2.64 bits per heavy atom. The average Bonchev–Trinajstić information content (AvgIpc) is 2.73. The van der Waals surface area contributed by atoms with Gasteiger partial charge < -0.3 is 15.9 Å². The number of hydrogen-bond donors (Lipinski definition) is 2. The molecule has 0 aliphatic rings. The van der Waals surface area contributed by atoms with Crippen molar-refractivity contribution in [1.29, 1.82) is 0 Å². The zero-order chi connectivity index (χ0) is 10.1. The molecule has 14 heavy (non-hydrogen) atoms. The van der Waals surface area contributed by atoms with Crippen molar-refractivity contribution >= 4 is 17.6 Å². The minimum absolute atomic E-state index is 0.109. The quantitative estimate of drug-likeness (QED) is 0.678. The van der Waals surface area contributed by atoms with Crippen LogP contribution in [-0.2, 0) is 0 Å². The first-order valence-corrected chi connectivity index (χ1v) is 3.88. The van der Waals surface area contributed by atoms with Crippen LogP contribution in [0.4, 0.5) is 11.7 Å². The molecule has 0 spiro atoms. The van der Waals surface area contributed by atoms with E-state index >= 15 is 0 Å². The Labute approximate surface area is 79.1 Å². The van der Waals surface area contributed by atoms with Crippen LogP contribution in [-0.4, -0.2) is 15.7 Å². The number of carbonyl (C=O) groups is 1. The van der Waals surface area contributed by atoms with E-state index in [1.54, 1.807) is 0 Å². The fourth-order valence-electron chi connectivity index (χ4n) is 1.06. The van der Waals surface area contributed by atoms with E-state index in [0.29, 0.717) is 0 Å². The summed E-state index contributed by atoms with van der Waals surface area (Å²) in [5.74, 6) is 0.103. The van der Waals surface area contributed by atoms with E-state index < -0.39 is 5.91 Å². The second-order valence-corrected chi connectivity index (χ2v) is 2.68. The topological polar surface area (TPSA) is 100 Å². The van der Waals surface area contributed by atoms with Gasteiger partial charge in [-0.1, -0.05) is 0 Å². The van der Waals surface area contributed by atoms with Crippen LogP contribution in [0.5, 0.6) is 0 Å². The summed E-state index contributed by atoms with van der Waals surface area (Å²) < 4.78 is 5.98. The number of anilines is 2. The van der Waals surface area contributed by atoms with Crippen molar-refractivity contribution in [3.8, 4) is 0 Å². The Morgan fingerprint density at radius 2 is 2.14 bits per heavy atom. The van der Waals surface area contributed by atoms with Crippen LogP contribution in [0.15, 0.2) is 28.8 Å². The predicted molar refractivity (Wildman–Crippen MR) is 49.5 cm³/mol. The molecule has 0 bridgehead atoms. The van der Waals surface area contributed by atoms with E-state index in [1.807, 2.05) is 0 Å². The molecule has 0 saturated carbocycles. The molecule has 72 valence electrons. The summed E-state index contributed by atoms with van der Waals surface area (Å²) in [6.07, 6.45) is 1.43. The molecule has 0 unspecified atom stereocenters. The Balaban J connectivity index is 2.38. The Bertz CT molecular complexity index is 471. The van der Waals surface area contributed by atoms with Crippen molar-refractivity contribution in [1.82, 2.24) is 9.78 Å². The summed E-state index contributed by atoms with van der Waals surface area (Å²) in [5, 5.41) is 3.74. The van der Waals surface area contributed by atoms with Gasteiger partial charge in [0.1, 0.15) is 5.82 Å². The highest BCUT2D eigenvalue weighted by Gasteiger charge is 2.15. The number of aromatic nitrogens is 2. The first-order chi connectivity index (χ1) is 6.68. The molecule has 0 fully saturated rings. The lowest BCUT2D eigenvalue weighted by molar-refractivity contribution is 0.0921. The molecule has 6 heteroatoms. The molecule has 2 rings (SSSR count). The molecule has 4 N–H and O–H groups in total. The van der Waals surface area contributed by atoms with Crippen LogP contribution in [0, 0.1) is 0 Å². The number of hydrogen-bond acceptors (Lipinski definition) is 5. The largest absolute Gasteiger partial charge is 0.436 e. The van der Waals surface area contributed by atoms with Gasteiger partial charge in [-0.3, -0.25) is 4.79 Å². The number of carbonyl (C=O) groups excluding carboxylic acids is 1. The van der Waals surface area contributed by atoms with Gasteiger partial charge in [0.2, 0.25) is 0 Å². The van der Waals surface area contributed by atoms with Gasteiger partial charge in [-0.2, -0.15) is 9.78 Å². The van der Waals surface area contributed by atoms with E-state index in [1.165, 1.54) is 24.4 Å². The minimum atomic E-state index is -0.441. The summed E-state index contributed by atoms with van der Waals surface area (Å²) in [7, 11) is 0. The second-order valence-electron chi connectivity index (χ2n) is 2.68. The summed E-state index contributed by atoms with van der Waals surface area (Å²) in [6.45, 7) is 0. The Morgan fingerprint density at radius 1 is 1.36 bits per heavy atom. The molecular weight excluding hydrogens is 184 g/mol. The third-order valence-corrected chi connectivity index (χ3v) is 1.70. The Kier molecular flexibility index (Phi) is 1.74. The van der Waals surface area contributed by atoms with Gasteiger partial charge in [-0.25, -0.2) is 0 Å². The van der Waals surface area contributed by atoms with Gasteiger partial charge >= 0.3 is 5.91 Å². The minimum Gasteiger partial charge on any atom is -0.436 e. The van der Waals surface area contributed by atoms with Crippen molar-refractivity contribution in [3.63, 3.8) is 0 Å². The monoisotopic (exact) mass is 192 g/mol. The highest BCUT2D eigenvalue weighted by atomic mass is 16.4. The summed E-state index contributed by atoms with van der Waals surface area (Å²) in [6, 6.07) is 4.48. The molecular formula is C8H8N4O2. The molecule has 0 saturated heterocycles. The number of nitrogens with two attached hydrogens (primary N) is 2. The normalized spacial score (nSPS) is 10.3. The van der Waals surface area contributed by atoms with E-state index in [-0.39, 0.29) is 17.5 Å². The van der Waals surface area contributed by atoms with E-state index in [2.05, 4.69) is 5.10 Å². The van der Waals surface area contributed by atoms with E-state index in [0.717, 1.165) is 4.68 Å². The first-order valence-electron chi connectivity index (χ1n) is 3.88. The molecule has 2 aromatic rings. The van der Waals surface area contributed by atoms with Crippen LogP contribution < -0.4 is 11.5 Å². The Hall–Kier alpha value is -2.24. The molecule has 0 atom stereocenters. The zero-order valence-corrected chi connectivity index (χ0v) is 7.18. The number of furan rings is 1. The molecule has 0 amide bonds. The maximum absolute atomic E-state index is 11.6. The van der Waals surface area contributed by atoms with Gasteiger partial charge in [0, 0.05) is 12.1 Å². The lowest BCUT2D eigenvalue weighted by Gasteiger charge is -1.98. The van der Waals surface area contributed by atoms with Gasteiger partial charge in [0.15, 0.2) is 11.6 Å². The molecule has 0 aliphatic carbocycles. The fraction of sp³-hybridized carbons (Fsp3) is 0. The van der Waals surface area contributed by atoms with Crippen LogP contribution in [0.25, 0.3) is 0 Å². The van der Waals surface area contributed by atoms with Crippen molar-refractivity contribution in [2.75, 3.05) is 11.5 Å². The molecule has 0 aromatic carbocycles. The molecule has 2 aromatic heterocycles. The molecule has 6 nitrogen and oxygen atoms in total. The van der Waals surface area contributed by atoms with Crippen LogP contribution in [0.1, 0.15) is 10.6 Å². The van der Waals surface area contributed by atoms with Crippen LogP contribution in [0.3, 0.4) is 0 Å². The highest BCUT2D eigenvalue weighted by Crippen LogP contribution is 2.12. The average molecular weight is 192 g/mol. The molecule has 0 radical (unpaired) electrons. The summed E-state index contributed by atoms with van der Waals surface area (Å²) in [4.78, 5) is 11.6. The first kappa shape index (κ1) is 8.36. The zero-order valence-electron chi connectivity index (χ0n) is 7.18. The molecule has 0 aliphatic heterocycles. The SMILES string of the molecule is Nc1ccc(C(=O)n2nccc2N)o1. The lowest BCUT2D eigenvalue weighted by atomic mass is 10.4. The van der Waals surface area contributed by atoms with Crippen molar-refractivity contribution < 1.29 is 9.21 Å². The van der Waals surface area contributed by atoms with Crippen molar-refractivity contribution in [3.05, 3.63) is 30.2 Å². The predicted octanol–water partition coefficient (Wildman–Crippen LogP) is 0.329. The maximum Gasteiger partial charge on any atom is 0.315 e. The fourth-order valence-corrected chi connectivity index (χ4v) is 1.06. The van der Waals surface area contributed by atoms with Crippen LogP contribution >= 0.6 is 0 Å². The van der Waals surface area contributed by atoms with Crippen molar-refractivity contribution in [2.45, 2.75) is 0 Å². The molecule has 2 heterocycles. The standard InChI is InChI=1S/C8H8N4O2/c9-6-3-4-11-12(6)8(13)5-1-2-7(10)14-5/h1-4H,9-10H2. The summed E-state index contributed by atoms with van der Waals surface area (Å²) in [5.41, 5.74) is 10.8. The highest BCUT2D eigenvalue weighted by molar-refractivity contribution is 5.94. The van der Waals surface area contributed by atoms with Gasteiger partial charge in [0.25, 0.3) is 0 Å². The van der Waals surface area contributed by atoms with E-state index in [9.17, 15) is 4.79 Å². The van der Waals surface area contributed by atoms with Gasteiger partial charge in [-0.05, 0) is 6.07 Å². The van der Waals surface area contributed by atoms with Gasteiger partial charge in [-0.15, -0.1) is 0 Å². The number of nitrogens with zero attached hydrogens (tertiary/aromatic N) is 2. The third-order valence-electron chi connectivity index (χ3n) is 1.70. The second kappa shape index (κ2) is 2.91. The summed E-state index contributed by atoms with van der Waals surface area (Å²) >= 11 is 0. The third kappa shape index (κ3) is 1.22. The van der Waals surface area contributed by atoms with Crippen LogP contribution in [0.2, 0.25) is 0 Å². The maximum atomic E-state index is 11.6. The van der Waals surface area contributed by atoms with E-state index in [4.69, 9.17) is 15.9 Å². The van der Waals surface area contributed by atoms with Gasteiger partial charge in [0.05, 0.1) is 6.20 Å². The smallest absolute Gasteiger partial charge is 0.315 e. The number of nitrogen functional groups attached to an aromatic ring is 2. The number of rotatable bonds is 1. The lowest BCUT2D eigenvalue weighted by Crippen LogP contribution is -2.15. The van der Waals surface area contributed by atoms with Crippen molar-refractivity contribution in [2.24, 2.45) is 0 Å².